The third kappa shape index (κ3) is 6.91. The first-order chi connectivity index (χ1) is 11.5. The van der Waals surface area contributed by atoms with Crippen molar-refractivity contribution < 1.29 is 18.7 Å². The fraction of sp³-hybridized carbons (Fsp3) is 0.500. The van der Waals surface area contributed by atoms with Gasteiger partial charge in [0.1, 0.15) is 5.82 Å². The molecule has 0 unspecified atom stereocenters. The van der Waals surface area contributed by atoms with Crippen molar-refractivity contribution >= 4 is 50.8 Å². The van der Waals surface area contributed by atoms with Gasteiger partial charge in [0.15, 0.2) is 6.61 Å². The lowest BCUT2D eigenvalue weighted by Gasteiger charge is -2.08. The van der Waals surface area contributed by atoms with E-state index in [0.29, 0.717) is 16.7 Å². The molecule has 4 nitrogen and oxygen atoms in total. The summed E-state index contributed by atoms with van der Waals surface area (Å²) in [6.45, 7) is -0.431. The van der Waals surface area contributed by atoms with Gasteiger partial charge in [0.25, 0.3) is 5.91 Å². The van der Waals surface area contributed by atoms with Gasteiger partial charge in [-0.1, -0.05) is 39.6 Å². The lowest BCUT2D eigenvalue weighted by molar-refractivity contribution is -0.147. The van der Waals surface area contributed by atoms with Crippen molar-refractivity contribution in [3.8, 4) is 0 Å². The van der Waals surface area contributed by atoms with Gasteiger partial charge in [0.05, 0.1) is 5.69 Å². The molecule has 0 radical (unpaired) electrons. The number of ether oxygens (including phenoxy) is 1. The summed E-state index contributed by atoms with van der Waals surface area (Å²) in [5, 5.41) is 3.34. The van der Waals surface area contributed by atoms with Gasteiger partial charge >= 0.3 is 5.97 Å². The van der Waals surface area contributed by atoms with Crippen molar-refractivity contribution in [1.82, 2.24) is 0 Å². The molecule has 1 aromatic carbocycles. The van der Waals surface area contributed by atoms with E-state index < -0.39 is 24.3 Å². The zero-order valence-corrected chi connectivity index (χ0v) is 15.4. The number of hydrogen-bond acceptors (Lipinski definition) is 5. The van der Waals surface area contributed by atoms with Gasteiger partial charge in [0, 0.05) is 22.4 Å². The monoisotopic (exact) mass is 391 g/mol. The van der Waals surface area contributed by atoms with Crippen LogP contribution in [-0.2, 0) is 14.3 Å². The van der Waals surface area contributed by atoms with E-state index in [1.807, 2.05) is 21.6 Å². The number of amides is 1. The molecule has 1 atom stereocenters. The molecule has 1 aromatic rings. The van der Waals surface area contributed by atoms with Crippen LogP contribution < -0.4 is 5.32 Å². The van der Waals surface area contributed by atoms with E-state index in [1.165, 1.54) is 24.3 Å². The number of esters is 1. The molecule has 1 aliphatic heterocycles. The average molecular weight is 392 g/mol. The number of rotatable bonds is 8. The van der Waals surface area contributed by atoms with E-state index in [4.69, 9.17) is 16.3 Å². The normalized spacial score (nSPS) is 16.8. The molecule has 2 rings (SSSR count). The Labute approximate surface area is 153 Å². The quantitative estimate of drug-likeness (QED) is 0.396. The number of carbonyl (C=O) groups excluding carboxylic acids is 2. The van der Waals surface area contributed by atoms with Gasteiger partial charge in [-0.3, -0.25) is 9.59 Å². The molecular weight excluding hydrogens is 373 g/mol. The van der Waals surface area contributed by atoms with Crippen LogP contribution in [0.1, 0.15) is 32.1 Å². The van der Waals surface area contributed by atoms with Gasteiger partial charge in [0.2, 0.25) is 0 Å². The predicted molar refractivity (Wildman–Crippen MR) is 97.9 cm³/mol. The Bertz CT molecular complexity index is 582. The SMILES string of the molecule is O=C(COC(=O)CCCC[C@H]1CCSS1)Nc1cc(Cl)ccc1F. The number of benzene rings is 1. The maximum Gasteiger partial charge on any atom is 0.306 e. The number of nitrogens with one attached hydrogen (secondary N) is 1. The first-order valence-electron chi connectivity index (χ1n) is 7.73. The first-order valence-corrected chi connectivity index (χ1v) is 10.5. The molecular formula is C16H19ClFNO3S2. The molecule has 1 heterocycles. The summed E-state index contributed by atoms with van der Waals surface area (Å²) in [5.74, 6) is -0.393. The zero-order chi connectivity index (χ0) is 17.4. The Hall–Kier alpha value is -0.920. The fourth-order valence-electron chi connectivity index (χ4n) is 2.20. The Balaban J connectivity index is 1.60. The smallest absolute Gasteiger partial charge is 0.306 e. The van der Waals surface area contributed by atoms with Crippen molar-refractivity contribution in [2.75, 3.05) is 17.7 Å². The highest BCUT2D eigenvalue weighted by Crippen LogP contribution is 2.39. The second-order valence-electron chi connectivity index (χ2n) is 5.41. The van der Waals surface area contributed by atoms with E-state index in [2.05, 4.69) is 5.32 Å². The van der Waals surface area contributed by atoms with Crippen LogP contribution in [0.25, 0.3) is 0 Å². The van der Waals surface area contributed by atoms with E-state index in [9.17, 15) is 14.0 Å². The van der Waals surface area contributed by atoms with E-state index in [1.54, 1.807) is 0 Å². The fourth-order valence-corrected chi connectivity index (χ4v) is 5.40. The molecule has 0 bridgehead atoms. The van der Waals surface area contributed by atoms with Crippen molar-refractivity contribution in [2.45, 2.75) is 37.4 Å². The van der Waals surface area contributed by atoms with Gasteiger partial charge in [-0.15, -0.1) is 0 Å². The molecule has 8 heteroatoms. The Morgan fingerprint density at radius 1 is 1.38 bits per heavy atom. The molecule has 1 saturated heterocycles. The van der Waals surface area contributed by atoms with Gasteiger partial charge in [-0.2, -0.15) is 0 Å². The minimum absolute atomic E-state index is 0.0320. The molecule has 0 aliphatic carbocycles. The Kier molecular flexibility index (Phi) is 8.21. The van der Waals surface area contributed by atoms with Crippen molar-refractivity contribution in [2.24, 2.45) is 0 Å². The second kappa shape index (κ2) is 10.2. The topological polar surface area (TPSA) is 55.4 Å². The van der Waals surface area contributed by atoms with Crippen LogP contribution in [0.4, 0.5) is 10.1 Å². The summed E-state index contributed by atoms with van der Waals surface area (Å²) in [7, 11) is 3.83. The highest BCUT2D eigenvalue weighted by Gasteiger charge is 2.16. The molecule has 24 heavy (non-hydrogen) atoms. The van der Waals surface area contributed by atoms with Crippen molar-refractivity contribution in [3.05, 3.63) is 29.0 Å². The molecule has 132 valence electrons. The van der Waals surface area contributed by atoms with Crippen molar-refractivity contribution in [3.63, 3.8) is 0 Å². The third-order valence-electron chi connectivity index (χ3n) is 3.45. The largest absolute Gasteiger partial charge is 0.456 e. The van der Waals surface area contributed by atoms with Crippen molar-refractivity contribution in [1.29, 1.82) is 0 Å². The molecule has 1 amide bonds. The van der Waals surface area contributed by atoms with Crippen LogP contribution in [0, 0.1) is 5.82 Å². The van der Waals surface area contributed by atoms with E-state index in [-0.39, 0.29) is 5.69 Å². The number of anilines is 1. The summed E-state index contributed by atoms with van der Waals surface area (Å²) in [6.07, 6.45) is 4.38. The highest BCUT2D eigenvalue weighted by atomic mass is 35.5. The van der Waals surface area contributed by atoms with Crippen LogP contribution in [0.5, 0.6) is 0 Å². The first kappa shape index (κ1) is 19.4. The molecule has 1 N–H and O–H groups in total. The third-order valence-corrected chi connectivity index (χ3v) is 6.69. The summed E-state index contributed by atoms with van der Waals surface area (Å²) in [6, 6.07) is 3.84. The molecule has 0 spiro atoms. The Morgan fingerprint density at radius 3 is 2.96 bits per heavy atom. The van der Waals surface area contributed by atoms with Gasteiger partial charge in [-0.25, -0.2) is 4.39 Å². The second-order valence-corrected chi connectivity index (χ2v) is 8.63. The summed E-state index contributed by atoms with van der Waals surface area (Å²) in [5.41, 5.74) is -0.0320. The van der Waals surface area contributed by atoms with Gasteiger partial charge in [-0.05, 0) is 37.5 Å². The van der Waals surface area contributed by atoms with Crippen LogP contribution in [0.3, 0.4) is 0 Å². The number of halogens is 2. The molecule has 1 fully saturated rings. The average Bonchev–Trinajstić information content (AvgIpc) is 3.06. The number of carbonyl (C=O) groups is 2. The van der Waals surface area contributed by atoms with E-state index in [0.717, 1.165) is 25.3 Å². The maximum atomic E-state index is 13.5. The van der Waals surface area contributed by atoms with Gasteiger partial charge < -0.3 is 10.1 Å². The Morgan fingerprint density at radius 2 is 2.21 bits per heavy atom. The summed E-state index contributed by atoms with van der Waals surface area (Å²) in [4.78, 5) is 23.3. The summed E-state index contributed by atoms with van der Waals surface area (Å²) >= 11 is 5.74. The lowest BCUT2D eigenvalue weighted by atomic mass is 10.1. The molecule has 0 saturated carbocycles. The zero-order valence-electron chi connectivity index (χ0n) is 13.1. The van der Waals surface area contributed by atoms with E-state index >= 15 is 0 Å². The number of unbranched alkanes of at least 4 members (excludes halogenated alkanes) is 1. The minimum Gasteiger partial charge on any atom is -0.456 e. The van der Waals surface area contributed by atoms with Crippen LogP contribution in [0.15, 0.2) is 18.2 Å². The van der Waals surface area contributed by atoms with Crippen LogP contribution in [-0.4, -0.2) is 29.5 Å². The van der Waals surface area contributed by atoms with Crippen LogP contribution in [0.2, 0.25) is 5.02 Å². The lowest BCUT2D eigenvalue weighted by Crippen LogP contribution is -2.21. The standard InChI is InChI=1S/C16H19ClFNO3S2/c17-11-5-6-13(18)14(9-11)19-15(20)10-22-16(21)4-2-1-3-12-7-8-23-24-12/h5-6,9,12H,1-4,7-8,10H2,(H,19,20)/t12-/m0/s1. The minimum atomic E-state index is -0.595. The molecule has 1 aliphatic rings. The predicted octanol–water partition coefficient (Wildman–Crippen LogP) is 4.67. The number of hydrogen-bond donors (Lipinski definition) is 1. The summed E-state index contributed by atoms with van der Waals surface area (Å²) < 4.78 is 18.4. The maximum absolute atomic E-state index is 13.5. The highest BCUT2D eigenvalue weighted by molar-refractivity contribution is 8.77. The molecule has 0 aromatic heterocycles. The van der Waals surface area contributed by atoms with Crippen LogP contribution >= 0.6 is 33.2 Å².